The molecule has 32 heavy (non-hydrogen) atoms. The number of benzene rings is 3. The molecule has 0 amide bonds. The third-order valence-electron chi connectivity index (χ3n) is 6.51. The normalized spacial score (nSPS) is 21.5. The standard InChI is InChI=1S/C26H25FN2O2S/c1-16-10-12-24(17(2)14-16)29-32(30,31)18-11-13-25-22(15-18)19-7-5-8-20(19)26(28-25)21-6-3-4-9-23(21)27/h3-7,9-15,19-20,26,28-29H,8H2,1-2H3. The molecule has 2 N–H and O–H groups in total. The topological polar surface area (TPSA) is 58.2 Å². The van der Waals surface area contributed by atoms with E-state index in [2.05, 4.69) is 22.2 Å². The highest BCUT2D eigenvalue weighted by atomic mass is 32.2. The summed E-state index contributed by atoms with van der Waals surface area (Å²) in [5.74, 6) is -0.0623. The number of aryl methyl sites for hydroxylation is 2. The van der Waals surface area contributed by atoms with Crippen molar-refractivity contribution in [3.63, 3.8) is 0 Å². The average Bonchev–Trinajstić information content (AvgIpc) is 3.26. The molecule has 3 aromatic rings. The lowest BCUT2D eigenvalue weighted by atomic mass is 9.77. The van der Waals surface area contributed by atoms with Gasteiger partial charge in [-0.25, -0.2) is 12.8 Å². The third-order valence-corrected chi connectivity index (χ3v) is 7.87. The summed E-state index contributed by atoms with van der Waals surface area (Å²) in [6.45, 7) is 3.86. The number of allylic oxidation sites excluding steroid dienone is 2. The van der Waals surface area contributed by atoms with Gasteiger partial charge in [-0.15, -0.1) is 0 Å². The van der Waals surface area contributed by atoms with Crippen molar-refractivity contribution < 1.29 is 12.8 Å². The molecule has 1 aliphatic heterocycles. The number of nitrogens with one attached hydrogen (secondary N) is 2. The van der Waals surface area contributed by atoms with E-state index in [9.17, 15) is 12.8 Å². The molecule has 0 aromatic heterocycles. The second-order valence-corrected chi connectivity index (χ2v) is 10.4. The van der Waals surface area contributed by atoms with Gasteiger partial charge in [-0.3, -0.25) is 4.72 Å². The molecular weight excluding hydrogens is 423 g/mol. The summed E-state index contributed by atoms with van der Waals surface area (Å²) >= 11 is 0. The van der Waals surface area contributed by atoms with Crippen LogP contribution in [0.1, 0.15) is 40.6 Å². The molecule has 1 aliphatic carbocycles. The van der Waals surface area contributed by atoms with E-state index in [0.29, 0.717) is 11.3 Å². The van der Waals surface area contributed by atoms with Crippen LogP contribution in [-0.4, -0.2) is 8.42 Å². The van der Waals surface area contributed by atoms with E-state index in [-0.39, 0.29) is 28.6 Å². The quantitative estimate of drug-likeness (QED) is 0.476. The Kier molecular flexibility index (Phi) is 5.05. The first-order valence-corrected chi connectivity index (χ1v) is 12.2. The Morgan fingerprint density at radius 2 is 1.81 bits per heavy atom. The van der Waals surface area contributed by atoms with Gasteiger partial charge in [0.25, 0.3) is 10.0 Å². The van der Waals surface area contributed by atoms with E-state index in [1.165, 1.54) is 6.07 Å². The molecule has 164 valence electrons. The first-order valence-electron chi connectivity index (χ1n) is 10.7. The molecule has 6 heteroatoms. The Bertz CT molecular complexity index is 1330. The maximum atomic E-state index is 14.5. The van der Waals surface area contributed by atoms with Crippen LogP contribution in [0.25, 0.3) is 0 Å². The first-order chi connectivity index (χ1) is 15.3. The summed E-state index contributed by atoms with van der Waals surface area (Å²) < 4.78 is 43.6. The Hall–Kier alpha value is -3.12. The number of rotatable bonds is 4. The van der Waals surface area contributed by atoms with Crippen LogP contribution in [0, 0.1) is 25.6 Å². The van der Waals surface area contributed by atoms with E-state index in [1.54, 1.807) is 30.3 Å². The van der Waals surface area contributed by atoms with Gasteiger partial charge in [-0.05, 0) is 67.6 Å². The van der Waals surface area contributed by atoms with Crippen molar-refractivity contribution in [3.8, 4) is 0 Å². The summed E-state index contributed by atoms with van der Waals surface area (Å²) in [7, 11) is -3.75. The third kappa shape index (κ3) is 3.58. The van der Waals surface area contributed by atoms with Crippen molar-refractivity contribution >= 4 is 21.4 Å². The van der Waals surface area contributed by atoms with E-state index >= 15 is 0 Å². The maximum Gasteiger partial charge on any atom is 0.261 e. The van der Waals surface area contributed by atoms with Crippen LogP contribution in [0.3, 0.4) is 0 Å². The van der Waals surface area contributed by atoms with Crippen LogP contribution in [0.15, 0.2) is 77.7 Å². The average molecular weight is 449 g/mol. The number of sulfonamides is 1. The number of halogens is 1. The highest BCUT2D eigenvalue weighted by Crippen LogP contribution is 2.50. The van der Waals surface area contributed by atoms with Gasteiger partial charge in [0.05, 0.1) is 16.6 Å². The van der Waals surface area contributed by atoms with Gasteiger partial charge in [0.1, 0.15) is 5.82 Å². The number of fused-ring (bicyclic) bond motifs is 3. The van der Waals surface area contributed by atoms with Gasteiger partial charge in [0.15, 0.2) is 0 Å². The Morgan fingerprint density at radius 3 is 2.59 bits per heavy atom. The molecule has 1 heterocycles. The molecule has 3 unspecified atom stereocenters. The van der Waals surface area contributed by atoms with E-state index in [0.717, 1.165) is 28.8 Å². The molecule has 4 nitrogen and oxygen atoms in total. The minimum atomic E-state index is -3.75. The first kappa shape index (κ1) is 20.8. The fourth-order valence-corrected chi connectivity index (χ4v) is 6.07. The van der Waals surface area contributed by atoms with Crippen molar-refractivity contribution in [3.05, 3.63) is 101 Å². The summed E-state index contributed by atoms with van der Waals surface area (Å²) in [4.78, 5) is 0.224. The lowest BCUT2D eigenvalue weighted by Crippen LogP contribution is -2.30. The Labute approximate surface area is 188 Å². The highest BCUT2D eigenvalue weighted by Gasteiger charge is 2.39. The lowest BCUT2D eigenvalue weighted by Gasteiger charge is -2.37. The SMILES string of the molecule is Cc1ccc(NS(=O)(=O)c2ccc3c(c2)C2C=CCC2C(c2ccccc2F)N3)c(C)c1. The van der Waals surface area contributed by atoms with Crippen molar-refractivity contribution in [1.29, 1.82) is 0 Å². The van der Waals surface area contributed by atoms with Crippen molar-refractivity contribution in [2.24, 2.45) is 5.92 Å². The van der Waals surface area contributed by atoms with Gasteiger partial charge in [0.2, 0.25) is 0 Å². The zero-order valence-corrected chi connectivity index (χ0v) is 18.8. The molecule has 0 spiro atoms. The predicted octanol–water partition coefficient (Wildman–Crippen LogP) is 6.07. The summed E-state index contributed by atoms with van der Waals surface area (Å²) in [5, 5.41) is 3.47. The molecule has 0 saturated heterocycles. The van der Waals surface area contributed by atoms with Crippen LogP contribution in [0.5, 0.6) is 0 Å². The van der Waals surface area contributed by atoms with E-state index in [4.69, 9.17) is 0 Å². The minimum absolute atomic E-state index is 0.0344. The fraction of sp³-hybridized carbons (Fsp3) is 0.231. The maximum absolute atomic E-state index is 14.5. The van der Waals surface area contributed by atoms with Crippen LogP contribution >= 0.6 is 0 Å². The molecule has 0 bridgehead atoms. The van der Waals surface area contributed by atoms with Crippen LogP contribution in [0.4, 0.5) is 15.8 Å². The molecule has 0 fully saturated rings. The van der Waals surface area contributed by atoms with Crippen LogP contribution < -0.4 is 10.0 Å². The number of hydrogen-bond acceptors (Lipinski definition) is 3. The Balaban J connectivity index is 1.50. The monoisotopic (exact) mass is 448 g/mol. The molecule has 5 rings (SSSR count). The smallest absolute Gasteiger partial charge is 0.261 e. The largest absolute Gasteiger partial charge is 0.378 e. The van der Waals surface area contributed by atoms with E-state index in [1.807, 2.05) is 38.1 Å². The van der Waals surface area contributed by atoms with Crippen LogP contribution in [0.2, 0.25) is 0 Å². The summed E-state index contributed by atoms with van der Waals surface area (Å²) in [6, 6.07) is 17.5. The highest BCUT2D eigenvalue weighted by molar-refractivity contribution is 7.92. The molecular formula is C26H25FN2O2S. The second kappa shape index (κ2) is 7.78. The Morgan fingerprint density at radius 1 is 1.00 bits per heavy atom. The van der Waals surface area contributed by atoms with Crippen LogP contribution in [-0.2, 0) is 10.0 Å². The lowest BCUT2D eigenvalue weighted by molar-refractivity contribution is 0.413. The minimum Gasteiger partial charge on any atom is -0.378 e. The molecule has 0 radical (unpaired) electrons. The summed E-state index contributed by atoms with van der Waals surface area (Å²) in [6.07, 6.45) is 5.04. The molecule has 2 aliphatic rings. The number of hydrogen-bond donors (Lipinski definition) is 2. The second-order valence-electron chi connectivity index (χ2n) is 8.67. The van der Waals surface area contributed by atoms with Gasteiger partial charge < -0.3 is 5.32 Å². The van der Waals surface area contributed by atoms with Crippen molar-refractivity contribution in [2.75, 3.05) is 10.0 Å². The van der Waals surface area contributed by atoms with Crippen molar-refractivity contribution in [2.45, 2.75) is 37.1 Å². The molecule has 3 aromatic carbocycles. The fourth-order valence-electron chi connectivity index (χ4n) is 4.91. The van der Waals surface area contributed by atoms with Gasteiger partial charge in [0, 0.05) is 17.2 Å². The van der Waals surface area contributed by atoms with Crippen molar-refractivity contribution in [1.82, 2.24) is 0 Å². The van der Waals surface area contributed by atoms with Gasteiger partial charge in [-0.1, -0.05) is 48.0 Å². The zero-order valence-electron chi connectivity index (χ0n) is 18.0. The predicted molar refractivity (Wildman–Crippen MR) is 126 cm³/mol. The zero-order chi connectivity index (χ0) is 22.5. The molecule has 0 saturated carbocycles. The summed E-state index contributed by atoms with van der Waals surface area (Å²) in [5.41, 5.74) is 4.94. The van der Waals surface area contributed by atoms with Gasteiger partial charge >= 0.3 is 0 Å². The number of anilines is 2. The molecule has 3 atom stereocenters. The van der Waals surface area contributed by atoms with E-state index < -0.39 is 10.0 Å². The van der Waals surface area contributed by atoms with Gasteiger partial charge in [-0.2, -0.15) is 0 Å².